The molecule has 8 heteroatoms. The molecule has 0 saturated carbocycles. The topological polar surface area (TPSA) is 67.2 Å². The summed E-state index contributed by atoms with van der Waals surface area (Å²) in [4.78, 5) is 26.9. The molecule has 2 heterocycles. The van der Waals surface area contributed by atoms with Crippen LogP contribution in [0.5, 0.6) is 0 Å². The van der Waals surface area contributed by atoms with Crippen molar-refractivity contribution >= 4 is 40.9 Å². The molecular weight excluding hydrogens is 420 g/mol. The SMILES string of the molecule is O=C(Nc1ccc(CC(=O)N2CCSCC2)cc1)c1cnn(-c2ccccc2Cl)c1. The van der Waals surface area contributed by atoms with Gasteiger partial charge in [0.25, 0.3) is 5.91 Å². The fourth-order valence-corrected chi connectivity index (χ4v) is 4.34. The summed E-state index contributed by atoms with van der Waals surface area (Å²) in [5.74, 6) is 1.90. The van der Waals surface area contributed by atoms with Crippen molar-refractivity contribution in [3.8, 4) is 5.69 Å². The van der Waals surface area contributed by atoms with Gasteiger partial charge >= 0.3 is 0 Å². The molecule has 1 N–H and O–H groups in total. The molecule has 0 spiro atoms. The number of carbonyl (C=O) groups excluding carboxylic acids is 2. The summed E-state index contributed by atoms with van der Waals surface area (Å²) in [6.07, 6.45) is 3.52. The summed E-state index contributed by atoms with van der Waals surface area (Å²) in [5, 5.41) is 7.64. The highest BCUT2D eigenvalue weighted by Crippen LogP contribution is 2.20. The standard InChI is InChI=1S/C22H21ClN4O2S/c23-19-3-1-2-4-20(19)27-15-17(14-24-27)22(29)25-18-7-5-16(6-8-18)13-21(28)26-9-11-30-12-10-26/h1-8,14-15H,9-13H2,(H,25,29). The summed E-state index contributed by atoms with van der Waals surface area (Å²) in [6, 6.07) is 14.7. The second-order valence-electron chi connectivity index (χ2n) is 6.95. The molecule has 1 aromatic heterocycles. The number of anilines is 1. The molecule has 0 aliphatic carbocycles. The molecular formula is C22H21ClN4O2S. The Morgan fingerprint density at radius 3 is 2.53 bits per heavy atom. The molecule has 1 fully saturated rings. The van der Waals surface area contributed by atoms with Crippen LogP contribution in [0.15, 0.2) is 60.9 Å². The summed E-state index contributed by atoms with van der Waals surface area (Å²) >= 11 is 8.07. The first kappa shape index (κ1) is 20.5. The molecule has 0 bridgehead atoms. The minimum atomic E-state index is -0.261. The number of nitrogens with one attached hydrogen (secondary N) is 1. The van der Waals surface area contributed by atoms with Gasteiger partial charge in [-0.1, -0.05) is 35.9 Å². The molecule has 2 amide bonds. The van der Waals surface area contributed by atoms with E-state index in [4.69, 9.17) is 11.6 Å². The third-order valence-electron chi connectivity index (χ3n) is 4.87. The highest BCUT2D eigenvalue weighted by molar-refractivity contribution is 7.99. The van der Waals surface area contributed by atoms with Crippen LogP contribution in [-0.4, -0.2) is 51.1 Å². The summed E-state index contributed by atoms with van der Waals surface area (Å²) in [6.45, 7) is 1.64. The fraction of sp³-hybridized carbons (Fsp3) is 0.227. The number of nitrogens with zero attached hydrogens (tertiary/aromatic N) is 3. The van der Waals surface area contributed by atoms with Crippen molar-refractivity contribution in [3.05, 3.63) is 77.1 Å². The quantitative estimate of drug-likeness (QED) is 0.653. The Kier molecular flexibility index (Phi) is 6.40. The molecule has 0 unspecified atom stereocenters. The predicted molar refractivity (Wildman–Crippen MR) is 121 cm³/mol. The van der Waals surface area contributed by atoms with E-state index in [0.717, 1.165) is 30.2 Å². The van der Waals surface area contributed by atoms with E-state index in [-0.39, 0.29) is 11.8 Å². The molecule has 1 saturated heterocycles. The van der Waals surface area contributed by atoms with Gasteiger partial charge in [-0.25, -0.2) is 4.68 Å². The first-order chi connectivity index (χ1) is 14.6. The van der Waals surface area contributed by atoms with Crippen molar-refractivity contribution in [1.82, 2.24) is 14.7 Å². The van der Waals surface area contributed by atoms with E-state index in [2.05, 4.69) is 10.4 Å². The van der Waals surface area contributed by atoms with Gasteiger partial charge in [0.05, 0.1) is 28.9 Å². The Hall–Kier alpha value is -2.77. The maximum absolute atomic E-state index is 12.6. The van der Waals surface area contributed by atoms with Crippen molar-refractivity contribution in [3.63, 3.8) is 0 Å². The number of hydrogen-bond donors (Lipinski definition) is 1. The molecule has 154 valence electrons. The van der Waals surface area contributed by atoms with Gasteiger partial charge in [-0.2, -0.15) is 16.9 Å². The molecule has 30 heavy (non-hydrogen) atoms. The number of benzene rings is 2. The van der Waals surface area contributed by atoms with E-state index in [1.165, 1.54) is 6.20 Å². The normalized spacial score (nSPS) is 13.8. The molecule has 0 radical (unpaired) electrons. The maximum atomic E-state index is 12.6. The third kappa shape index (κ3) is 4.86. The zero-order valence-corrected chi connectivity index (χ0v) is 17.8. The van der Waals surface area contributed by atoms with Gasteiger partial charge in [0.2, 0.25) is 5.91 Å². The van der Waals surface area contributed by atoms with Crippen molar-refractivity contribution < 1.29 is 9.59 Å². The van der Waals surface area contributed by atoms with E-state index >= 15 is 0 Å². The molecule has 1 aliphatic rings. The predicted octanol–water partition coefficient (Wildman–Crippen LogP) is 3.90. The number of halogens is 1. The molecule has 3 aromatic rings. The van der Waals surface area contributed by atoms with Gasteiger partial charge < -0.3 is 10.2 Å². The largest absolute Gasteiger partial charge is 0.341 e. The Balaban J connectivity index is 1.37. The molecule has 1 aliphatic heterocycles. The summed E-state index contributed by atoms with van der Waals surface area (Å²) < 4.78 is 1.57. The zero-order valence-electron chi connectivity index (χ0n) is 16.3. The number of amides is 2. The number of aromatic nitrogens is 2. The van der Waals surface area contributed by atoms with Crippen molar-refractivity contribution in [1.29, 1.82) is 0 Å². The monoisotopic (exact) mass is 440 g/mol. The van der Waals surface area contributed by atoms with Crippen LogP contribution in [0.1, 0.15) is 15.9 Å². The minimum absolute atomic E-state index is 0.152. The van der Waals surface area contributed by atoms with Crippen molar-refractivity contribution in [2.75, 3.05) is 29.9 Å². The lowest BCUT2D eigenvalue weighted by Gasteiger charge is -2.26. The number of carbonyl (C=O) groups is 2. The van der Waals surface area contributed by atoms with Gasteiger partial charge in [0, 0.05) is 36.5 Å². The Morgan fingerprint density at radius 1 is 1.07 bits per heavy atom. The van der Waals surface area contributed by atoms with Crippen molar-refractivity contribution in [2.24, 2.45) is 0 Å². The Labute approximate surface area is 184 Å². The average molecular weight is 441 g/mol. The molecule has 4 rings (SSSR count). The zero-order chi connectivity index (χ0) is 20.9. The molecule has 6 nitrogen and oxygen atoms in total. The lowest BCUT2D eigenvalue weighted by molar-refractivity contribution is -0.130. The van der Waals surface area contributed by atoms with Gasteiger partial charge in [-0.3, -0.25) is 9.59 Å². The lowest BCUT2D eigenvalue weighted by Crippen LogP contribution is -2.38. The number of hydrogen-bond acceptors (Lipinski definition) is 4. The van der Waals surface area contributed by atoms with Crippen LogP contribution < -0.4 is 5.32 Å². The highest BCUT2D eigenvalue weighted by Gasteiger charge is 2.17. The summed E-state index contributed by atoms with van der Waals surface area (Å²) in [5.41, 5.74) is 2.73. The molecule has 2 aromatic carbocycles. The average Bonchev–Trinajstić information content (AvgIpc) is 3.26. The van der Waals surface area contributed by atoms with Gasteiger partial charge in [-0.05, 0) is 29.8 Å². The minimum Gasteiger partial charge on any atom is -0.341 e. The number of thioether (sulfide) groups is 1. The van der Waals surface area contributed by atoms with Gasteiger partial charge in [-0.15, -0.1) is 0 Å². The first-order valence-electron chi connectivity index (χ1n) is 9.65. The molecule has 0 atom stereocenters. The van der Waals surface area contributed by atoms with Gasteiger partial charge in [0.1, 0.15) is 0 Å². The van der Waals surface area contributed by atoms with Crippen molar-refractivity contribution in [2.45, 2.75) is 6.42 Å². The summed E-state index contributed by atoms with van der Waals surface area (Å²) in [7, 11) is 0. The van der Waals surface area contributed by atoms with E-state index in [0.29, 0.717) is 28.4 Å². The number of rotatable bonds is 5. The van der Waals surface area contributed by atoms with Gasteiger partial charge in [0.15, 0.2) is 0 Å². The number of para-hydroxylation sites is 1. The van der Waals surface area contributed by atoms with Crippen LogP contribution in [0, 0.1) is 0 Å². The second-order valence-corrected chi connectivity index (χ2v) is 8.58. The fourth-order valence-electron chi connectivity index (χ4n) is 3.22. The second kappa shape index (κ2) is 9.36. The van der Waals surface area contributed by atoms with Crippen LogP contribution in [-0.2, 0) is 11.2 Å². The smallest absolute Gasteiger partial charge is 0.258 e. The van der Waals surface area contributed by atoms with Crippen LogP contribution in [0.3, 0.4) is 0 Å². The highest BCUT2D eigenvalue weighted by atomic mass is 35.5. The van der Waals surface area contributed by atoms with Crippen LogP contribution in [0.2, 0.25) is 5.02 Å². The Morgan fingerprint density at radius 2 is 1.80 bits per heavy atom. The maximum Gasteiger partial charge on any atom is 0.258 e. The van der Waals surface area contributed by atoms with E-state index in [1.807, 2.05) is 59.1 Å². The van der Waals surface area contributed by atoms with Crippen LogP contribution in [0.4, 0.5) is 5.69 Å². The van der Waals surface area contributed by atoms with E-state index < -0.39 is 0 Å². The van der Waals surface area contributed by atoms with E-state index in [1.54, 1.807) is 16.9 Å². The Bertz CT molecular complexity index is 1050. The first-order valence-corrected chi connectivity index (χ1v) is 11.2. The van der Waals surface area contributed by atoms with Crippen LogP contribution >= 0.6 is 23.4 Å². The van der Waals surface area contributed by atoms with Crippen LogP contribution in [0.25, 0.3) is 5.69 Å². The lowest BCUT2D eigenvalue weighted by atomic mass is 10.1. The van der Waals surface area contributed by atoms with E-state index in [9.17, 15) is 9.59 Å². The third-order valence-corrected chi connectivity index (χ3v) is 6.14.